The third kappa shape index (κ3) is 7.81. The maximum atomic E-state index is 10.3. The van der Waals surface area contributed by atoms with E-state index < -0.39 is 0 Å². The first-order chi connectivity index (χ1) is 38.6. The molecule has 0 aliphatic rings. The summed E-state index contributed by atoms with van der Waals surface area (Å²) in [5.74, 6) is 3.27. The fourth-order valence-corrected chi connectivity index (χ4v) is 10.7. The van der Waals surface area contributed by atoms with Crippen LogP contribution in [0.25, 0.3) is 139 Å². The molecule has 10 nitrogen and oxygen atoms in total. The molecule has 14 rings (SSSR count). The van der Waals surface area contributed by atoms with Gasteiger partial charge in [-0.1, -0.05) is 200 Å². The lowest BCUT2D eigenvalue weighted by molar-refractivity contribution is 1.07. The molecule has 0 aliphatic carbocycles. The molecule has 4 heterocycles. The van der Waals surface area contributed by atoms with Gasteiger partial charge in [0.1, 0.15) is 0 Å². The second-order valence-electron chi connectivity index (χ2n) is 18.9. The highest BCUT2D eigenvalue weighted by Gasteiger charge is 2.26. The number of hydrogen-bond acceptors (Lipinski definition) is 7. The summed E-state index contributed by atoms with van der Waals surface area (Å²) in [6.07, 6.45) is 0. The third-order valence-corrected chi connectivity index (χ3v) is 14.3. The Bertz CT molecular complexity index is 4630. The molecule has 0 radical (unpaired) electrons. The van der Waals surface area contributed by atoms with Gasteiger partial charge in [-0.05, 0) is 53.6 Å². The van der Waals surface area contributed by atoms with Crippen molar-refractivity contribution >= 4 is 49.3 Å². The first-order valence-electron chi connectivity index (χ1n) is 25.5. The normalized spacial score (nSPS) is 11.3. The SMILES string of the molecule is [C-]#[N+]c1c(-n2c3ccccc3c3ccc(-c4nc(-c5ccccc5)nc(-c5ccccc5)n4)cc32)ccc(-c2cccc(C#N)c2)c1-n1c2ccccc2c2ccc(-c3nc(-c4ccccc4)nc(-c4ccccc4)n3)cc21. The van der Waals surface area contributed by atoms with E-state index in [1.54, 1.807) is 6.07 Å². The Morgan fingerprint density at radius 1 is 0.333 bits per heavy atom. The van der Waals surface area contributed by atoms with Crippen molar-refractivity contribution in [3.05, 3.63) is 260 Å². The van der Waals surface area contributed by atoms with Crippen LogP contribution < -0.4 is 0 Å². The number of benzene rings is 10. The zero-order chi connectivity index (χ0) is 52.1. The Hall–Kier alpha value is -11.2. The number of para-hydroxylation sites is 2. The Balaban J connectivity index is 1.04. The van der Waals surface area contributed by atoms with E-state index in [9.17, 15) is 11.8 Å². The molecule has 0 atom stereocenters. The molecule has 10 aromatic carbocycles. The van der Waals surface area contributed by atoms with Crippen LogP contribution in [0.2, 0.25) is 0 Å². The molecular formula is C68H40N10. The first-order valence-corrected chi connectivity index (χ1v) is 25.5. The molecule has 0 amide bonds. The molecule has 78 heavy (non-hydrogen) atoms. The van der Waals surface area contributed by atoms with Gasteiger partial charge in [-0.25, -0.2) is 34.7 Å². The fourth-order valence-electron chi connectivity index (χ4n) is 10.7. The van der Waals surface area contributed by atoms with E-state index in [1.807, 2.05) is 170 Å². The van der Waals surface area contributed by atoms with Crippen LogP contribution in [0.1, 0.15) is 5.56 Å². The molecule has 0 unspecified atom stereocenters. The molecule has 362 valence electrons. The maximum Gasteiger partial charge on any atom is 0.234 e. The quantitative estimate of drug-likeness (QED) is 0.132. The lowest BCUT2D eigenvalue weighted by Gasteiger charge is -2.20. The maximum absolute atomic E-state index is 10.3. The van der Waals surface area contributed by atoms with Crippen molar-refractivity contribution in [3.63, 3.8) is 0 Å². The summed E-state index contributed by atoms with van der Waals surface area (Å²) in [5.41, 5.74) is 12.4. The lowest BCUT2D eigenvalue weighted by atomic mass is 9.99. The van der Waals surface area contributed by atoms with Gasteiger partial charge in [-0.3, -0.25) is 0 Å². The molecule has 0 spiro atoms. The second kappa shape index (κ2) is 18.9. The highest BCUT2D eigenvalue weighted by atomic mass is 15.1. The van der Waals surface area contributed by atoms with Crippen LogP contribution in [0.4, 0.5) is 5.69 Å². The molecule has 0 saturated heterocycles. The average molecular weight is 997 g/mol. The molecule has 0 fully saturated rings. The van der Waals surface area contributed by atoms with Crippen molar-refractivity contribution in [2.24, 2.45) is 0 Å². The van der Waals surface area contributed by atoms with Crippen molar-refractivity contribution in [3.8, 4) is 96.9 Å². The van der Waals surface area contributed by atoms with E-state index >= 15 is 0 Å². The van der Waals surface area contributed by atoms with Crippen LogP contribution >= 0.6 is 0 Å². The van der Waals surface area contributed by atoms with Gasteiger partial charge in [0, 0.05) is 54.9 Å². The zero-order valence-corrected chi connectivity index (χ0v) is 41.6. The van der Waals surface area contributed by atoms with Crippen molar-refractivity contribution in [2.75, 3.05) is 0 Å². The van der Waals surface area contributed by atoms with Crippen LogP contribution in [0.3, 0.4) is 0 Å². The smallest absolute Gasteiger partial charge is 0.234 e. The fraction of sp³-hybridized carbons (Fsp3) is 0. The number of aromatic nitrogens is 8. The third-order valence-electron chi connectivity index (χ3n) is 14.3. The van der Waals surface area contributed by atoms with Gasteiger partial charge in [-0.2, -0.15) is 5.26 Å². The monoisotopic (exact) mass is 996 g/mol. The highest BCUT2D eigenvalue weighted by Crippen LogP contribution is 2.47. The standard InChI is InChI=1S/C68H40N10/c1-70-61-58(77-56-31-16-14-29-52(56)54-35-33-49(40-59(54)77)67-73-63(44-20-6-2-7-21-44)71-64(74-67)45-22-8-3-9-23-45)38-37-51(48-28-18-19-43(39-48)42-69)62(61)78-57-32-17-15-30-53(57)55-36-34-50(41-60(55)78)68-75-65(46-24-10-4-11-25-46)72-66(76-68)47-26-12-5-13-27-47/h2-41H. The molecule has 14 aromatic rings. The van der Waals surface area contributed by atoms with Crippen molar-refractivity contribution < 1.29 is 0 Å². The number of rotatable bonds is 9. The minimum atomic E-state index is 0.409. The van der Waals surface area contributed by atoms with Crippen LogP contribution in [-0.4, -0.2) is 39.0 Å². The van der Waals surface area contributed by atoms with Crippen LogP contribution in [0, 0.1) is 17.9 Å². The summed E-state index contributed by atoms with van der Waals surface area (Å²) in [6.45, 7) is 9.37. The van der Waals surface area contributed by atoms with Crippen molar-refractivity contribution in [1.29, 1.82) is 5.26 Å². The van der Waals surface area contributed by atoms with Crippen LogP contribution in [0.15, 0.2) is 243 Å². The van der Waals surface area contributed by atoms with E-state index in [-0.39, 0.29) is 0 Å². The van der Waals surface area contributed by atoms with E-state index in [4.69, 9.17) is 29.9 Å². The zero-order valence-electron chi connectivity index (χ0n) is 41.6. The van der Waals surface area contributed by atoms with Crippen LogP contribution in [0.5, 0.6) is 0 Å². The van der Waals surface area contributed by atoms with Gasteiger partial charge in [-0.15, -0.1) is 0 Å². The van der Waals surface area contributed by atoms with E-state index in [1.165, 1.54) is 0 Å². The first kappa shape index (κ1) is 45.4. The number of fused-ring (bicyclic) bond motifs is 6. The molecule has 0 bridgehead atoms. The van der Waals surface area contributed by atoms with Gasteiger partial charge >= 0.3 is 0 Å². The van der Waals surface area contributed by atoms with E-state index in [2.05, 4.69) is 86.8 Å². The summed E-state index contributed by atoms with van der Waals surface area (Å²) < 4.78 is 4.40. The van der Waals surface area contributed by atoms with Crippen molar-refractivity contribution in [1.82, 2.24) is 39.0 Å². The summed E-state index contributed by atoms with van der Waals surface area (Å²) in [5, 5.41) is 14.3. The molecule has 0 saturated carbocycles. The van der Waals surface area contributed by atoms with E-state index in [0.29, 0.717) is 57.6 Å². The summed E-state index contributed by atoms with van der Waals surface area (Å²) in [7, 11) is 0. The summed E-state index contributed by atoms with van der Waals surface area (Å²) >= 11 is 0. The Kier molecular flexibility index (Phi) is 11.0. The van der Waals surface area contributed by atoms with Gasteiger partial charge < -0.3 is 9.13 Å². The Labute approximate surface area is 448 Å². The molecular weight excluding hydrogens is 957 g/mol. The predicted octanol–water partition coefficient (Wildman–Crippen LogP) is 16.3. The summed E-state index contributed by atoms with van der Waals surface area (Å²) in [4.78, 5) is 35.0. The van der Waals surface area contributed by atoms with Gasteiger partial charge in [0.15, 0.2) is 34.9 Å². The lowest BCUT2D eigenvalue weighted by Crippen LogP contribution is -2.03. The molecule has 4 aromatic heterocycles. The molecule has 0 aliphatic heterocycles. The minimum Gasteiger partial charge on any atom is -0.319 e. The number of nitriles is 1. The Morgan fingerprint density at radius 3 is 1.17 bits per heavy atom. The topological polar surface area (TPSA) is 115 Å². The van der Waals surface area contributed by atoms with Gasteiger partial charge in [0.2, 0.25) is 5.69 Å². The second-order valence-corrected chi connectivity index (χ2v) is 18.9. The highest BCUT2D eigenvalue weighted by molar-refractivity contribution is 6.13. The van der Waals surface area contributed by atoms with Gasteiger partial charge in [0.05, 0.1) is 51.6 Å². The average Bonchev–Trinajstić information content (AvgIpc) is 4.24. The predicted molar refractivity (Wildman–Crippen MR) is 311 cm³/mol. The minimum absolute atomic E-state index is 0.409. The van der Waals surface area contributed by atoms with Gasteiger partial charge in [0.25, 0.3) is 0 Å². The Morgan fingerprint density at radius 2 is 0.718 bits per heavy atom. The van der Waals surface area contributed by atoms with E-state index in [0.717, 1.165) is 88.1 Å². The molecule has 10 heteroatoms. The van der Waals surface area contributed by atoms with Crippen molar-refractivity contribution in [2.45, 2.75) is 0 Å². The largest absolute Gasteiger partial charge is 0.319 e. The number of nitrogens with zero attached hydrogens (tertiary/aromatic N) is 10. The summed E-state index contributed by atoms with van der Waals surface area (Å²) in [6, 6.07) is 83.1. The number of hydrogen-bond donors (Lipinski definition) is 0. The molecule has 0 N–H and O–H groups in total. The van der Waals surface area contributed by atoms with Crippen LogP contribution in [-0.2, 0) is 0 Å².